The summed E-state index contributed by atoms with van der Waals surface area (Å²) in [7, 11) is 1.60. The Bertz CT molecular complexity index is 390. The molecule has 1 rings (SSSR count). The van der Waals surface area contributed by atoms with Gasteiger partial charge in [-0.05, 0) is 20.8 Å². The van der Waals surface area contributed by atoms with Crippen LogP contribution in [0.3, 0.4) is 0 Å². The molecule has 6 heteroatoms. The Balaban J connectivity index is 2.59. The van der Waals surface area contributed by atoms with E-state index >= 15 is 0 Å². The molecule has 0 saturated heterocycles. The minimum Gasteiger partial charge on any atom is -0.465 e. The van der Waals surface area contributed by atoms with E-state index in [1.807, 2.05) is 24.8 Å². The topological polar surface area (TPSA) is 64.8 Å². The molecule has 0 aromatic carbocycles. The van der Waals surface area contributed by atoms with E-state index in [1.165, 1.54) is 0 Å². The van der Waals surface area contributed by atoms with Crippen LogP contribution < -0.4 is 0 Å². The van der Waals surface area contributed by atoms with E-state index in [9.17, 15) is 4.79 Å². The highest BCUT2D eigenvalue weighted by Gasteiger charge is 2.17. The first-order valence-electron chi connectivity index (χ1n) is 6.39. The molecule has 0 aliphatic carbocycles. The van der Waals surface area contributed by atoms with Crippen molar-refractivity contribution in [3.05, 3.63) is 17.5 Å². The average molecular weight is 270 g/mol. The van der Waals surface area contributed by atoms with Gasteiger partial charge in [-0.3, -0.25) is 9.69 Å². The Labute approximate surface area is 113 Å². The van der Waals surface area contributed by atoms with Crippen LogP contribution in [0.2, 0.25) is 0 Å². The summed E-state index contributed by atoms with van der Waals surface area (Å²) in [6.45, 7) is 7.43. The van der Waals surface area contributed by atoms with Gasteiger partial charge in [0, 0.05) is 25.8 Å². The third-order valence-electron chi connectivity index (χ3n) is 2.63. The zero-order valence-electron chi connectivity index (χ0n) is 12.0. The smallest absolute Gasteiger partial charge is 0.320 e. The predicted molar refractivity (Wildman–Crippen MR) is 69.4 cm³/mol. The molecule has 0 amide bonds. The van der Waals surface area contributed by atoms with Crippen LogP contribution in [0.1, 0.15) is 32.2 Å². The second kappa shape index (κ2) is 7.91. The molecule has 1 heterocycles. The van der Waals surface area contributed by atoms with Crippen LogP contribution in [-0.2, 0) is 27.4 Å². The number of nitrogens with zero attached hydrogens (tertiary/aromatic N) is 2. The maximum Gasteiger partial charge on any atom is 0.320 e. The van der Waals surface area contributed by atoms with Crippen molar-refractivity contribution >= 4 is 5.97 Å². The summed E-state index contributed by atoms with van der Waals surface area (Å²) in [5, 5.41) is 3.96. The fourth-order valence-electron chi connectivity index (χ4n) is 1.64. The molecule has 0 aliphatic rings. The van der Waals surface area contributed by atoms with Gasteiger partial charge in [-0.25, -0.2) is 0 Å². The van der Waals surface area contributed by atoms with Crippen molar-refractivity contribution in [1.82, 2.24) is 10.1 Å². The van der Waals surface area contributed by atoms with Gasteiger partial charge < -0.3 is 14.0 Å². The van der Waals surface area contributed by atoms with Crippen LogP contribution in [0.25, 0.3) is 0 Å². The maximum absolute atomic E-state index is 11.5. The van der Waals surface area contributed by atoms with Crippen LogP contribution in [0.15, 0.2) is 10.6 Å². The Morgan fingerprint density at radius 2 is 2.26 bits per heavy atom. The lowest BCUT2D eigenvalue weighted by Gasteiger charge is -2.24. The number of carbonyl (C=O) groups excluding carboxylic acids is 1. The van der Waals surface area contributed by atoms with E-state index in [2.05, 4.69) is 5.16 Å². The predicted octanol–water partition coefficient (Wildman–Crippen LogP) is 1.59. The molecular weight excluding hydrogens is 248 g/mol. The number of carbonyl (C=O) groups is 1. The SMILES string of the molecule is CCOC(=O)CN(Cc1cc(COC)on1)C(C)C. The molecule has 0 unspecified atom stereocenters. The standard InChI is InChI=1S/C13H22N2O4/c1-5-18-13(16)8-15(10(2)3)7-11-6-12(9-17-4)19-14-11/h6,10H,5,7-9H2,1-4H3. The monoisotopic (exact) mass is 270 g/mol. The summed E-state index contributed by atoms with van der Waals surface area (Å²) in [5.74, 6) is 0.453. The number of hydrogen-bond donors (Lipinski definition) is 0. The molecule has 0 aliphatic heterocycles. The quantitative estimate of drug-likeness (QED) is 0.668. The molecular formula is C13H22N2O4. The number of methoxy groups -OCH3 is 1. The molecule has 0 bridgehead atoms. The van der Waals surface area contributed by atoms with Crippen molar-refractivity contribution in [3.63, 3.8) is 0 Å². The minimum atomic E-state index is -0.225. The number of aromatic nitrogens is 1. The summed E-state index contributed by atoms with van der Waals surface area (Å²) in [6, 6.07) is 2.05. The van der Waals surface area contributed by atoms with Crippen molar-refractivity contribution in [1.29, 1.82) is 0 Å². The largest absolute Gasteiger partial charge is 0.465 e. The average Bonchev–Trinajstić information content (AvgIpc) is 2.76. The van der Waals surface area contributed by atoms with Crippen molar-refractivity contribution in [2.24, 2.45) is 0 Å². The molecule has 6 nitrogen and oxygen atoms in total. The second-order valence-corrected chi connectivity index (χ2v) is 4.52. The molecule has 0 fully saturated rings. The highest BCUT2D eigenvalue weighted by atomic mass is 16.5. The van der Waals surface area contributed by atoms with Gasteiger partial charge in [-0.15, -0.1) is 0 Å². The molecule has 0 radical (unpaired) electrons. The highest BCUT2D eigenvalue weighted by Crippen LogP contribution is 2.10. The number of hydrogen-bond acceptors (Lipinski definition) is 6. The lowest BCUT2D eigenvalue weighted by molar-refractivity contribution is -0.145. The number of rotatable bonds is 8. The van der Waals surface area contributed by atoms with E-state index < -0.39 is 0 Å². The zero-order chi connectivity index (χ0) is 14.3. The molecule has 0 N–H and O–H groups in total. The van der Waals surface area contributed by atoms with Gasteiger partial charge in [0.25, 0.3) is 0 Å². The number of ether oxygens (including phenoxy) is 2. The van der Waals surface area contributed by atoms with Crippen LogP contribution in [0.5, 0.6) is 0 Å². The second-order valence-electron chi connectivity index (χ2n) is 4.52. The summed E-state index contributed by atoms with van der Waals surface area (Å²) in [5.41, 5.74) is 0.782. The molecule has 0 atom stereocenters. The summed E-state index contributed by atoms with van der Waals surface area (Å²) >= 11 is 0. The van der Waals surface area contributed by atoms with Crippen LogP contribution in [0.4, 0.5) is 0 Å². The van der Waals surface area contributed by atoms with Crippen LogP contribution in [0, 0.1) is 0 Å². The van der Waals surface area contributed by atoms with Crippen LogP contribution in [-0.4, -0.2) is 42.3 Å². The highest BCUT2D eigenvalue weighted by molar-refractivity contribution is 5.71. The zero-order valence-corrected chi connectivity index (χ0v) is 12.0. The van der Waals surface area contributed by atoms with E-state index in [0.717, 1.165) is 5.69 Å². The third kappa shape index (κ3) is 5.40. The van der Waals surface area contributed by atoms with Gasteiger partial charge in [0.05, 0.1) is 18.8 Å². The van der Waals surface area contributed by atoms with E-state index in [4.69, 9.17) is 14.0 Å². The lowest BCUT2D eigenvalue weighted by Crippen LogP contribution is -2.36. The number of esters is 1. The van der Waals surface area contributed by atoms with Crippen molar-refractivity contribution in [2.75, 3.05) is 20.3 Å². The molecule has 0 saturated carbocycles. The van der Waals surface area contributed by atoms with Crippen molar-refractivity contribution in [3.8, 4) is 0 Å². The molecule has 1 aromatic heterocycles. The summed E-state index contributed by atoms with van der Waals surface area (Å²) in [6.07, 6.45) is 0. The van der Waals surface area contributed by atoms with E-state index in [1.54, 1.807) is 14.0 Å². The Morgan fingerprint density at radius 3 is 2.84 bits per heavy atom. The third-order valence-corrected chi connectivity index (χ3v) is 2.63. The first-order chi connectivity index (χ1) is 9.06. The van der Waals surface area contributed by atoms with Gasteiger partial charge in [-0.2, -0.15) is 0 Å². The first-order valence-corrected chi connectivity index (χ1v) is 6.39. The normalized spacial score (nSPS) is 11.3. The van der Waals surface area contributed by atoms with Gasteiger partial charge in [0.15, 0.2) is 5.76 Å². The summed E-state index contributed by atoms with van der Waals surface area (Å²) < 4.78 is 15.0. The Kier molecular flexibility index (Phi) is 6.52. The van der Waals surface area contributed by atoms with Crippen molar-refractivity contribution in [2.45, 2.75) is 40.0 Å². The molecule has 1 aromatic rings. The summed E-state index contributed by atoms with van der Waals surface area (Å²) in [4.78, 5) is 13.5. The van der Waals surface area contributed by atoms with Crippen LogP contribution >= 0.6 is 0 Å². The van der Waals surface area contributed by atoms with Gasteiger partial charge >= 0.3 is 5.97 Å². The first kappa shape index (κ1) is 15.7. The maximum atomic E-state index is 11.5. The Hall–Kier alpha value is -1.40. The van der Waals surface area contributed by atoms with E-state index in [0.29, 0.717) is 25.5 Å². The molecule has 19 heavy (non-hydrogen) atoms. The van der Waals surface area contributed by atoms with Gasteiger partial charge in [-0.1, -0.05) is 5.16 Å². The fraction of sp³-hybridized carbons (Fsp3) is 0.692. The van der Waals surface area contributed by atoms with Crippen molar-refractivity contribution < 1.29 is 18.8 Å². The molecule has 108 valence electrons. The van der Waals surface area contributed by atoms with E-state index in [-0.39, 0.29) is 18.6 Å². The minimum absolute atomic E-state index is 0.215. The fourth-order valence-corrected chi connectivity index (χ4v) is 1.64. The van der Waals surface area contributed by atoms with Gasteiger partial charge in [0.2, 0.25) is 0 Å². The molecule has 0 spiro atoms. The van der Waals surface area contributed by atoms with Gasteiger partial charge in [0.1, 0.15) is 6.61 Å². The lowest BCUT2D eigenvalue weighted by atomic mass is 10.2. The Morgan fingerprint density at radius 1 is 1.53 bits per heavy atom.